The highest BCUT2D eigenvalue weighted by Crippen LogP contribution is 1.96. The maximum Gasteiger partial charge on any atom is 0.0416 e. The van der Waals surface area contributed by atoms with Crippen LogP contribution >= 0.6 is 15.9 Å². The Bertz CT molecular complexity index is 226. The van der Waals surface area contributed by atoms with Crippen LogP contribution in [-0.2, 0) is 6.42 Å². The zero-order valence-corrected chi connectivity index (χ0v) is 9.50. The predicted octanol–water partition coefficient (Wildman–Crippen LogP) is 1.95. The molecule has 0 radical (unpaired) electrons. The van der Waals surface area contributed by atoms with E-state index >= 15 is 0 Å². The van der Waals surface area contributed by atoms with Crippen molar-refractivity contribution in [3.8, 4) is 0 Å². The van der Waals surface area contributed by atoms with Crippen molar-refractivity contribution in [1.82, 2.24) is 9.88 Å². The van der Waals surface area contributed by atoms with Crippen molar-refractivity contribution in [2.75, 3.05) is 25.5 Å². The third-order valence-corrected chi connectivity index (χ3v) is 2.30. The summed E-state index contributed by atoms with van der Waals surface area (Å²) >= 11 is 3.42. The number of hydrogen-bond donors (Lipinski definition) is 0. The second kappa shape index (κ2) is 6.11. The van der Waals surface area contributed by atoms with E-state index in [4.69, 9.17) is 0 Å². The first-order valence-electron chi connectivity index (χ1n) is 4.47. The van der Waals surface area contributed by atoms with E-state index in [-0.39, 0.29) is 0 Å². The number of likely N-dealkylation sites (N-methyl/N-ethyl adjacent to an activating group) is 1. The standard InChI is InChI=1S/C10H15BrN2/c1-13(9-6-11)8-5-10-4-2-3-7-12-10/h2-4,7H,5-6,8-9H2,1H3. The molecule has 0 fully saturated rings. The zero-order chi connectivity index (χ0) is 9.52. The highest BCUT2D eigenvalue weighted by molar-refractivity contribution is 9.09. The van der Waals surface area contributed by atoms with Crippen LogP contribution in [-0.4, -0.2) is 35.4 Å². The molecule has 72 valence electrons. The summed E-state index contributed by atoms with van der Waals surface area (Å²) in [6.07, 6.45) is 2.88. The fourth-order valence-corrected chi connectivity index (χ4v) is 1.71. The molecular formula is C10H15BrN2. The van der Waals surface area contributed by atoms with E-state index < -0.39 is 0 Å². The Morgan fingerprint density at radius 1 is 1.38 bits per heavy atom. The predicted molar refractivity (Wildman–Crippen MR) is 59.2 cm³/mol. The Labute approximate surface area is 88.1 Å². The van der Waals surface area contributed by atoms with E-state index in [1.54, 1.807) is 0 Å². The van der Waals surface area contributed by atoms with Crippen LogP contribution < -0.4 is 0 Å². The molecule has 1 aromatic rings. The molecule has 0 N–H and O–H groups in total. The number of alkyl halides is 1. The van der Waals surface area contributed by atoms with Crippen LogP contribution in [0.1, 0.15) is 5.69 Å². The average molecular weight is 243 g/mol. The first-order valence-corrected chi connectivity index (χ1v) is 5.59. The molecule has 3 heteroatoms. The van der Waals surface area contributed by atoms with Crippen LogP contribution in [0.5, 0.6) is 0 Å². The molecule has 0 aliphatic carbocycles. The first kappa shape index (κ1) is 10.7. The number of nitrogens with zero attached hydrogens (tertiary/aromatic N) is 2. The smallest absolute Gasteiger partial charge is 0.0416 e. The van der Waals surface area contributed by atoms with Gasteiger partial charge in [0.2, 0.25) is 0 Å². The summed E-state index contributed by atoms with van der Waals surface area (Å²) < 4.78 is 0. The quantitative estimate of drug-likeness (QED) is 0.735. The van der Waals surface area contributed by atoms with Gasteiger partial charge in [-0.2, -0.15) is 0 Å². The molecule has 0 aliphatic heterocycles. The molecule has 0 aromatic carbocycles. The Morgan fingerprint density at radius 2 is 2.23 bits per heavy atom. The molecule has 0 saturated heterocycles. The second-order valence-corrected chi connectivity index (χ2v) is 3.86. The van der Waals surface area contributed by atoms with Gasteiger partial charge in [-0.1, -0.05) is 22.0 Å². The highest BCUT2D eigenvalue weighted by atomic mass is 79.9. The Hall–Kier alpha value is -0.410. The number of rotatable bonds is 5. The summed E-state index contributed by atoms with van der Waals surface area (Å²) in [5.41, 5.74) is 1.17. The SMILES string of the molecule is CN(CCBr)CCc1ccccn1. The van der Waals surface area contributed by atoms with Crippen LogP contribution in [0.3, 0.4) is 0 Å². The summed E-state index contributed by atoms with van der Waals surface area (Å²) in [5, 5.41) is 1.03. The normalized spacial score (nSPS) is 10.7. The first-order chi connectivity index (χ1) is 6.33. The lowest BCUT2D eigenvalue weighted by atomic mass is 10.2. The van der Waals surface area contributed by atoms with E-state index in [1.807, 2.05) is 18.3 Å². The molecule has 1 aromatic heterocycles. The van der Waals surface area contributed by atoms with Crippen molar-refractivity contribution in [3.05, 3.63) is 30.1 Å². The number of aromatic nitrogens is 1. The van der Waals surface area contributed by atoms with Gasteiger partial charge in [0.15, 0.2) is 0 Å². The molecular weight excluding hydrogens is 228 g/mol. The minimum atomic E-state index is 1.03. The largest absolute Gasteiger partial charge is 0.305 e. The lowest BCUT2D eigenvalue weighted by Crippen LogP contribution is -2.23. The van der Waals surface area contributed by atoms with Gasteiger partial charge in [-0.25, -0.2) is 0 Å². The summed E-state index contributed by atoms with van der Waals surface area (Å²) in [7, 11) is 2.13. The van der Waals surface area contributed by atoms with Gasteiger partial charge < -0.3 is 4.90 Å². The monoisotopic (exact) mass is 242 g/mol. The summed E-state index contributed by atoms with van der Waals surface area (Å²) in [6, 6.07) is 6.06. The molecule has 0 aliphatic rings. The summed E-state index contributed by atoms with van der Waals surface area (Å²) in [5.74, 6) is 0. The van der Waals surface area contributed by atoms with Crippen LogP contribution in [0.4, 0.5) is 0 Å². The maximum absolute atomic E-state index is 4.27. The van der Waals surface area contributed by atoms with Crippen molar-refractivity contribution in [2.24, 2.45) is 0 Å². The van der Waals surface area contributed by atoms with Gasteiger partial charge in [-0.05, 0) is 19.2 Å². The molecule has 1 heterocycles. The van der Waals surface area contributed by atoms with E-state index in [0.29, 0.717) is 0 Å². The zero-order valence-electron chi connectivity index (χ0n) is 7.91. The Balaban J connectivity index is 2.27. The lowest BCUT2D eigenvalue weighted by molar-refractivity contribution is 0.360. The Kier molecular flexibility index (Phi) is 5.01. The molecule has 0 bridgehead atoms. The molecule has 0 spiro atoms. The maximum atomic E-state index is 4.27. The van der Waals surface area contributed by atoms with E-state index in [0.717, 1.165) is 24.8 Å². The molecule has 13 heavy (non-hydrogen) atoms. The third-order valence-electron chi connectivity index (χ3n) is 1.94. The molecule has 2 nitrogen and oxygen atoms in total. The van der Waals surface area contributed by atoms with Crippen LogP contribution in [0.2, 0.25) is 0 Å². The minimum absolute atomic E-state index is 1.03. The van der Waals surface area contributed by atoms with Crippen molar-refractivity contribution in [3.63, 3.8) is 0 Å². The fraction of sp³-hybridized carbons (Fsp3) is 0.500. The molecule has 1 rings (SSSR count). The van der Waals surface area contributed by atoms with E-state index in [9.17, 15) is 0 Å². The number of pyridine rings is 1. The van der Waals surface area contributed by atoms with Gasteiger partial charge in [-0.15, -0.1) is 0 Å². The second-order valence-electron chi connectivity index (χ2n) is 3.06. The Morgan fingerprint density at radius 3 is 2.85 bits per heavy atom. The summed E-state index contributed by atoms with van der Waals surface area (Å²) in [6.45, 7) is 2.16. The van der Waals surface area contributed by atoms with Crippen LogP contribution in [0.15, 0.2) is 24.4 Å². The fourth-order valence-electron chi connectivity index (χ4n) is 1.11. The number of halogens is 1. The number of hydrogen-bond acceptors (Lipinski definition) is 2. The van der Waals surface area contributed by atoms with Crippen molar-refractivity contribution in [2.45, 2.75) is 6.42 Å². The lowest BCUT2D eigenvalue weighted by Gasteiger charge is -2.13. The van der Waals surface area contributed by atoms with E-state index in [2.05, 4.69) is 38.9 Å². The minimum Gasteiger partial charge on any atom is -0.305 e. The van der Waals surface area contributed by atoms with Crippen molar-refractivity contribution in [1.29, 1.82) is 0 Å². The van der Waals surface area contributed by atoms with Crippen molar-refractivity contribution >= 4 is 15.9 Å². The third kappa shape index (κ3) is 4.39. The van der Waals surface area contributed by atoms with Gasteiger partial charge in [-0.3, -0.25) is 4.98 Å². The summed E-state index contributed by atoms with van der Waals surface area (Å²) in [4.78, 5) is 6.57. The molecule has 0 atom stereocenters. The van der Waals surface area contributed by atoms with Crippen molar-refractivity contribution < 1.29 is 0 Å². The van der Waals surface area contributed by atoms with Gasteiger partial charge >= 0.3 is 0 Å². The highest BCUT2D eigenvalue weighted by Gasteiger charge is 1.97. The van der Waals surface area contributed by atoms with Gasteiger partial charge in [0, 0.05) is 36.7 Å². The van der Waals surface area contributed by atoms with Crippen LogP contribution in [0, 0.1) is 0 Å². The topological polar surface area (TPSA) is 16.1 Å². The van der Waals surface area contributed by atoms with Gasteiger partial charge in [0.05, 0.1) is 0 Å². The van der Waals surface area contributed by atoms with Crippen LogP contribution in [0.25, 0.3) is 0 Å². The average Bonchev–Trinajstić information content (AvgIpc) is 2.17. The van der Waals surface area contributed by atoms with E-state index in [1.165, 1.54) is 5.69 Å². The van der Waals surface area contributed by atoms with Gasteiger partial charge in [0.1, 0.15) is 0 Å². The molecule has 0 unspecified atom stereocenters. The van der Waals surface area contributed by atoms with Gasteiger partial charge in [0.25, 0.3) is 0 Å². The molecule has 0 amide bonds. The molecule has 0 saturated carbocycles.